The first-order valence-corrected chi connectivity index (χ1v) is 8.09. The van der Waals surface area contributed by atoms with E-state index in [1.807, 2.05) is 26.0 Å². The molecule has 0 spiro atoms. The van der Waals surface area contributed by atoms with Gasteiger partial charge in [0.15, 0.2) is 5.13 Å². The summed E-state index contributed by atoms with van der Waals surface area (Å²) in [4.78, 5) is 26.3. The first kappa shape index (κ1) is 18.9. The smallest absolute Gasteiger partial charge is 0.471 e. The van der Waals surface area contributed by atoms with Gasteiger partial charge in [0.25, 0.3) is 0 Å². The summed E-state index contributed by atoms with van der Waals surface area (Å²) in [6.07, 6.45) is -5.45. The fourth-order valence-electron chi connectivity index (χ4n) is 2.08. The van der Waals surface area contributed by atoms with Crippen molar-refractivity contribution in [2.24, 2.45) is 0 Å². The average Bonchev–Trinajstić information content (AvgIpc) is 2.88. The van der Waals surface area contributed by atoms with Crippen LogP contribution < -0.4 is 5.32 Å². The van der Waals surface area contributed by atoms with Gasteiger partial charge < -0.3 is 5.11 Å². The zero-order valence-electron chi connectivity index (χ0n) is 13.3. The van der Waals surface area contributed by atoms with Crippen molar-refractivity contribution >= 4 is 28.3 Å². The fourth-order valence-corrected chi connectivity index (χ4v) is 3.05. The normalized spacial score (nSPS) is 11.6. The molecule has 1 aromatic carbocycles. The third-order valence-corrected chi connectivity index (χ3v) is 4.31. The highest BCUT2D eigenvalue weighted by Crippen LogP contribution is 2.33. The monoisotopic (exact) mass is 372 g/mol. The number of nitrogens with one attached hydrogen (secondary N) is 1. The molecule has 0 aliphatic heterocycles. The summed E-state index contributed by atoms with van der Waals surface area (Å²) < 4.78 is 37.1. The van der Waals surface area contributed by atoms with Gasteiger partial charge in [0.1, 0.15) is 0 Å². The number of carboxylic acids is 1. The van der Waals surface area contributed by atoms with Gasteiger partial charge in [-0.15, -0.1) is 11.3 Å². The molecule has 5 nitrogen and oxygen atoms in total. The van der Waals surface area contributed by atoms with E-state index in [2.05, 4.69) is 4.98 Å². The molecule has 2 aromatic rings. The second-order valence-electron chi connectivity index (χ2n) is 5.59. The van der Waals surface area contributed by atoms with E-state index < -0.39 is 24.5 Å². The third kappa shape index (κ3) is 4.79. The lowest BCUT2D eigenvalue weighted by Gasteiger charge is -2.06. The van der Waals surface area contributed by atoms with Crippen LogP contribution in [0.5, 0.6) is 0 Å². The molecule has 134 valence electrons. The molecule has 1 amide bonds. The molecule has 1 aromatic heterocycles. The zero-order chi connectivity index (χ0) is 18.8. The number of alkyl halides is 3. The maximum atomic E-state index is 12.4. The quantitative estimate of drug-likeness (QED) is 0.830. The van der Waals surface area contributed by atoms with E-state index in [9.17, 15) is 22.8 Å². The van der Waals surface area contributed by atoms with E-state index >= 15 is 0 Å². The zero-order valence-corrected chi connectivity index (χ0v) is 14.2. The number of aromatic nitrogens is 1. The van der Waals surface area contributed by atoms with Crippen LogP contribution in [0.2, 0.25) is 0 Å². The topological polar surface area (TPSA) is 79.3 Å². The number of carbonyl (C=O) groups excluding carboxylic acids is 1. The van der Waals surface area contributed by atoms with Crippen molar-refractivity contribution in [3.63, 3.8) is 0 Å². The maximum absolute atomic E-state index is 12.4. The van der Waals surface area contributed by atoms with Crippen LogP contribution in [0.4, 0.5) is 18.3 Å². The van der Waals surface area contributed by atoms with Crippen molar-refractivity contribution in [2.75, 3.05) is 5.32 Å². The van der Waals surface area contributed by atoms with Crippen LogP contribution in [0.25, 0.3) is 11.3 Å². The molecule has 2 rings (SSSR count). The van der Waals surface area contributed by atoms with Gasteiger partial charge in [-0.2, -0.15) is 13.2 Å². The lowest BCUT2D eigenvalue weighted by atomic mass is 10.0. The van der Waals surface area contributed by atoms with Gasteiger partial charge >= 0.3 is 18.1 Å². The second-order valence-corrected chi connectivity index (χ2v) is 6.67. The predicted molar refractivity (Wildman–Crippen MR) is 87.7 cm³/mol. The summed E-state index contributed by atoms with van der Waals surface area (Å²) in [7, 11) is 0. The van der Waals surface area contributed by atoms with Crippen molar-refractivity contribution in [1.82, 2.24) is 4.98 Å². The van der Waals surface area contributed by atoms with Crippen LogP contribution in [-0.2, 0) is 16.0 Å². The number of amides is 1. The van der Waals surface area contributed by atoms with Gasteiger partial charge in [0.05, 0.1) is 12.1 Å². The first-order chi connectivity index (χ1) is 11.6. The van der Waals surface area contributed by atoms with Crippen LogP contribution in [0.15, 0.2) is 24.3 Å². The number of benzene rings is 1. The molecule has 25 heavy (non-hydrogen) atoms. The van der Waals surface area contributed by atoms with Gasteiger partial charge in [-0.05, 0) is 11.5 Å². The number of rotatable bonds is 5. The van der Waals surface area contributed by atoms with E-state index in [0.29, 0.717) is 22.8 Å². The summed E-state index contributed by atoms with van der Waals surface area (Å²) in [5.74, 6) is -2.99. The molecule has 0 fully saturated rings. The Morgan fingerprint density at radius 3 is 2.32 bits per heavy atom. The Morgan fingerprint density at radius 1 is 1.24 bits per heavy atom. The Kier molecular flexibility index (Phi) is 5.46. The molecular formula is C16H15F3N2O3S. The molecule has 2 N–H and O–H groups in total. The third-order valence-electron chi connectivity index (χ3n) is 3.34. The maximum Gasteiger partial charge on any atom is 0.471 e. The number of halogens is 3. The minimum Gasteiger partial charge on any atom is -0.481 e. The number of anilines is 1. The summed E-state index contributed by atoms with van der Waals surface area (Å²) in [6, 6.07) is 7.14. The molecule has 1 heterocycles. The molecule has 0 unspecified atom stereocenters. The first-order valence-electron chi connectivity index (χ1n) is 7.28. The molecule has 0 bridgehead atoms. The van der Waals surface area contributed by atoms with E-state index in [0.717, 1.165) is 5.56 Å². The molecule has 0 aliphatic rings. The summed E-state index contributed by atoms with van der Waals surface area (Å²) in [5.41, 5.74) is 1.88. The SMILES string of the molecule is CC(C)c1ccc(-c2nc(NC(=O)C(F)(F)F)sc2CC(=O)O)cc1. The minimum atomic E-state index is -5.04. The highest BCUT2D eigenvalue weighted by atomic mass is 32.1. The van der Waals surface area contributed by atoms with E-state index in [-0.39, 0.29) is 15.7 Å². The van der Waals surface area contributed by atoms with Gasteiger partial charge in [0.2, 0.25) is 0 Å². The number of carboxylic acid groups (broad SMARTS) is 1. The van der Waals surface area contributed by atoms with Crippen LogP contribution in [0, 0.1) is 0 Å². The van der Waals surface area contributed by atoms with Crippen molar-refractivity contribution in [3.8, 4) is 11.3 Å². The number of carbonyl (C=O) groups is 2. The number of aliphatic carboxylic acids is 1. The van der Waals surface area contributed by atoms with Crippen LogP contribution in [-0.4, -0.2) is 28.1 Å². The van der Waals surface area contributed by atoms with Crippen molar-refractivity contribution in [2.45, 2.75) is 32.4 Å². The lowest BCUT2D eigenvalue weighted by Crippen LogP contribution is -2.29. The van der Waals surface area contributed by atoms with Crippen LogP contribution in [0.1, 0.15) is 30.2 Å². The number of hydrogen-bond acceptors (Lipinski definition) is 4. The van der Waals surface area contributed by atoms with E-state index in [1.54, 1.807) is 17.4 Å². The molecular weight excluding hydrogens is 357 g/mol. The van der Waals surface area contributed by atoms with Crippen molar-refractivity contribution in [3.05, 3.63) is 34.7 Å². The highest BCUT2D eigenvalue weighted by molar-refractivity contribution is 7.16. The van der Waals surface area contributed by atoms with E-state index in [4.69, 9.17) is 5.11 Å². The largest absolute Gasteiger partial charge is 0.481 e. The van der Waals surface area contributed by atoms with Gasteiger partial charge in [0, 0.05) is 10.4 Å². The summed E-state index contributed by atoms with van der Waals surface area (Å²) in [5, 5.41) is 10.4. The predicted octanol–water partition coefficient (Wildman–Crippen LogP) is 4.06. The van der Waals surface area contributed by atoms with Gasteiger partial charge in [-0.1, -0.05) is 38.1 Å². The second kappa shape index (κ2) is 7.22. The highest BCUT2D eigenvalue weighted by Gasteiger charge is 2.39. The number of thiazole rings is 1. The lowest BCUT2D eigenvalue weighted by molar-refractivity contribution is -0.167. The average molecular weight is 372 g/mol. The fraction of sp³-hybridized carbons (Fsp3) is 0.312. The minimum absolute atomic E-state index is 0.250. The standard InChI is InChI=1S/C16H15F3N2O3S/c1-8(2)9-3-5-10(6-4-9)13-11(7-12(22)23)25-15(20-13)21-14(24)16(17,18)19/h3-6,8H,7H2,1-2H3,(H,22,23)(H,20,21,24). The Hall–Kier alpha value is -2.42. The van der Waals surface area contributed by atoms with E-state index in [1.165, 1.54) is 0 Å². The molecule has 0 radical (unpaired) electrons. The number of hydrogen-bond donors (Lipinski definition) is 2. The molecule has 0 saturated carbocycles. The Labute approximate surface area is 145 Å². The van der Waals surface area contributed by atoms with Crippen molar-refractivity contribution < 1.29 is 27.9 Å². The molecule has 0 atom stereocenters. The summed E-state index contributed by atoms with van der Waals surface area (Å²) >= 11 is 0.714. The van der Waals surface area contributed by atoms with Crippen LogP contribution >= 0.6 is 11.3 Å². The Balaban J connectivity index is 2.38. The number of nitrogens with zero attached hydrogens (tertiary/aromatic N) is 1. The molecule has 0 saturated heterocycles. The van der Waals surface area contributed by atoms with Crippen LogP contribution in [0.3, 0.4) is 0 Å². The Bertz CT molecular complexity index is 783. The van der Waals surface area contributed by atoms with Gasteiger partial charge in [-0.25, -0.2) is 4.98 Å². The van der Waals surface area contributed by atoms with Gasteiger partial charge in [-0.3, -0.25) is 14.9 Å². The molecule has 9 heteroatoms. The summed E-state index contributed by atoms with van der Waals surface area (Å²) in [6.45, 7) is 4.02. The van der Waals surface area contributed by atoms with Crippen molar-refractivity contribution in [1.29, 1.82) is 0 Å². The molecule has 0 aliphatic carbocycles. The Morgan fingerprint density at radius 2 is 1.84 bits per heavy atom.